The summed E-state index contributed by atoms with van der Waals surface area (Å²) in [6, 6.07) is 17.3. The van der Waals surface area contributed by atoms with E-state index >= 15 is 0 Å². The van der Waals surface area contributed by atoms with Crippen LogP contribution in [0.1, 0.15) is 18.6 Å². The summed E-state index contributed by atoms with van der Waals surface area (Å²) in [5.41, 5.74) is 0.879. The van der Waals surface area contributed by atoms with Crippen LogP contribution in [0.3, 0.4) is 0 Å². The first-order valence-corrected chi connectivity index (χ1v) is 7.29. The summed E-state index contributed by atoms with van der Waals surface area (Å²) in [7, 11) is 0. The highest BCUT2D eigenvalue weighted by molar-refractivity contribution is 7.98. The smallest absolute Gasteiger partial charge is 0.181 e. The minimum absolute atomic E-state index is 0.000699. The third kappa shape index (κ3) is 3.61. The summed E-state index contributed by atoms with van der Waals surface area (Å²) in [6.45, 7) is 1.55. The van der Waals surface area contributed by atoms with Gasteiger partial charge in [0.1, 0.15) is 5.75 Å². The van der Waals surface area contributed by atoms with Gasteiger partial charge < -0.3 is 4.74 Å². The molecule has 0 radical (unpaired) electrons. The van der Waals surface area contributed by atoms with E-state index in [4.69, 9.17) is 4.74 Å². The Bertz CT molecular complexity index is 552. The number of hydrogen-bond donors (Lipinski definition) is 0. The zero-order valence-corrected chi connectivity index (χ0v) is 11.8. The number of benzene rings is 2. The molecule has 19 heavy (non-hydrogen) atoms. The summed E-state index contributed by atoms with van der Waals surface area (Å²) in [4.78, 5) is 12.9. The van der Waals surface area contributed by atoms with Crippen LogP contribution in [0.4, 0.5) is 0 Å². The average Bonchev–Trinajstić information content (AvgIpc) is 2.45. The van der Waals surface area contributed by atoms with Gasteiger partial charge in [0.2, 0.25) is 0 Å². The number of carbonyl (C=O) groups excluding carboxylic acids is 1. The number of Topliss-reactive ketones (excluding diaryl/α,β-unsaturated/α-hetero) is 1. The Morgan fingerprint density at radius 1 is 1.11 bits per heavy atom. The van der Waals surface area contributed by atoms with Gasteiger partial charge in [-0.2, -0.15) is 0 Å². The molecule has 2 nitrogen and oxygen atoms in total. The lowest BCUT2D eigenvalue weighted by Crippen LogP contribution is -2.15. The van der Waals surface area contributed by atoms with E-state index in [0.717, 1.165) is 16.2 Å². The molecule has 2 aromatic rings. The monoisotopic (exact) mass is 272 g/mol. The highest BCUT2D eigenvalue weighted by Gasteiger charge is 2.18. The summed E-state index contributed by atoms with van der Waals surface area (Å²) in [5, 5.41) is 0. The van der Waals surface area contributed by atoms with Gasteiger partial charge in [-0.05, 0) is 36.9 Å². The van der Waals surface area contributed by atoms with Gasteiger partial charge in [0.25, 0.3) is 0 Å². The predicted octanol–water partition coefficient (Wildman–Crippen LogP) is 4.12. The van der Waals surface area contributed by atoms with Gasteiger partial charge in [0.15, 0.2) is 11.9 Å². The van der Waals surface area contributed by atoms with Crippen LogP contribution < -0.4 is 4.74 Å². The van der Waals surface area contributed by atoms with Crippen molar-refractivity contribution in [3.8, 4) is 5.75 Å². The second-order valence-corrected chi connectivity index (χ2v) is 5.08. The number of carbonyl (C=O) groups is 1. The fourth-order valence-electron chi connectivity index (χ4n) is 1.82. The van der Waals surface area contributed by atoms with Gasteiger partial charge in [0, 0.05) is 4.90 Å². The van der Waals surface area contributed by atoms with Crippen molar-refractivity contribution in [3.05, 3.63) is 60.2 Å². The molecule has 1 atom stereocenters. The number of ketones is 1. The normalized spacial score (nSPS) is 11.9. The van der Waals surface area contributed by atoms with Crippen molar-refractivity contribution in [2.45, 2.75) is 17.9 Å². The molecule has 2 aromatic carbocycles. The zero-order chi connectivity index (χ0) is 13.7. The van der Waals surface area contributed by atoms with E-state index in [9.17, 15) is 4.79 Å². The molecule has 0 heterocycles. The zero-order valence-electron chi connectivity index (χ0n) is 11.0. The highest BCUT2D eigenvalue weighted by Crippen LogP contribution is 2.26. The topological polar surface area (TPSA) is 26.3 Å². The van der Waals surface area contributed by atoms with E-state index in [1.807, 2.05) is 60.9 Å². The molecule has 98 valence electrons. The van der Waals surface area contributed by atoms with Crippen molar-refractivity contribution in [1.29, 1.82) is 0 Å². The number of thioether (sulfide) groups is 1. The largest absolute Gasteiger partial charge is 0.478 e. The van der Waals surface area contributed by atoms with Crippen LogP contribution in [0.5, 0.6) is 5.75 Å². The Labute approximate surface area is 117 Å². The van der Waals surface area contributed by atoms with Crippen LogP contribution in [-0.2, 0) is 4.79 Å². The molecule has 0 aliphatic heterocycles. The van der Waals surface area contributed by atoms with Crippen LogP contribution in [0, 0.1) is 0 Å². The first-order valence-electron chi connectivity index (χ1n) is 6.07. The van der Waals surface area contributed by atoms with Crippen LogP contribution >= 0.6 is 11.8 Å². The maximum atomic E-state index is 11.8. The summed E-state index contributed by atoms with van der Waals surface area (Å²) in [5.74, 6) is 0.719. The fraction of sp³-hybridized carbons (Fsp3) is 0.188. The molecule has 0 aliphatic rings. The molecule has 0 saturated heterocycles. The lowest BCUT2D eigenvalue weighted by atomic mass is 10.1. The predicted molar refractivity (Wildman–Crippen MR) is 78.7 cm³/mol. The summed E-state index contributed by atoms with van der Waals surface area (Å²) >= 11 is 1.65. The van der Waals surface area contributed by atoms with Gasteiger partial charge in [-0.1, -0.05) is 36.4 Å². The Balaban J connectivity index is 2.24. The molecule has 2 rings (SSSR count). The van der Waals surface area contributed by atoms with E-state index in [2.05, 4.69) is 0 Å². The SMILES string of the molecule is CSc1cccc(OC(C(C)=O)c2ccccc2)c1. The van der Waals surface area contributed by atoms with E-state index in [1.165, 1.54) is 0 Å². The lowest BCUT2D eigenvalue weighted by molar-refractivity contribution is -0.123. The van der Waals surface area contributed by atoms with Crippen LogP contribution in [-0.4, -0.2) is 12.0 Å². The van der Waals surface area contributed by atoms with Crippen molar-refractivity contribution in [2.75, 3.05) is 6.26 Å². The Morgan fingerprint density at radius 3 is 2.47 bits per heavy atom. The first-order chi connectivity index (χ1) is 9.20. The molecule has 0 saturated carbocycles. The van der Waals surface area contributed by atoms with Crippen LogP contribution in [0.2, 0.25) is 0 Å². The average molecular weight is 272 g/mol. The van der Waals surface area contributed by atoms with E-state index in [-0.39, 0.29) is 5.78 Å². The van der Waals surface area contributed by atoms with Gasteiger partial charge >= 0.3 is 0 Å². The molecule has 0 spiro atoms. The van der Waals surface area contributed by atoms with Crippen molar-refractivity contribution in [2.24, 2.45) is 0 Å². The van der Waals surface area contributed by atoms with Crippen LogP contribution in [0.25, 0.3) is 0 Å². The van der Waals surface area contributed by atoms with Crippen molar-refractivity contribution in [3.63, 3.8) is 0 Å². The summed E-state index contributed by atoms with van der Waals surface area (Å²) < 4.78 is 5.84. The van der Waals surface area contributed by atoms with Crippen molar-refractivity contribution < 1.29 is 9.53 Å². The van der Waals surface area contributed by atoms with Gasteiger partial charge in [-0.15, -0.1) is 11.8 Å². The minimum atomic E-state index is -0.543. The van der Waals surface area contributed by atoms with Crippen LogP contribution in [0.15, 0.2) is 59.5 Å². The second-order valence-electron chi connectivity index (χ2n) is 4.20. The molecule has 0 aromatic heterocycles. The third-order valence-corrected chi connectivity index (χ3v) is 3.49. The lowest BCUT2D eigenvalue weighted by Gasteiger charge is -2.17. The molecular weight excluding hydrogens is 256 g/mol. The first kappa shape index (κ1) is 13.7. The molecule has 0 amide bonds. The molecule has 0 bridgehead atoms. The Morgan fingerprint density at radius 2 is 1.84 bits per heavy atom. The Hall–Kier alpha value is -1.74. The number of ether oxygens (including phenoxy) is 1. The standard InChI is InChI=1S/C16H16O2S/c1-12(17)16(13-7-4-3-5-8-13)18-14-9-6-10-15(11-14)19-2/h3-11,16H,1-2H3. The number of hydrogen-bond acceptors (Lipinski definition) is 3. The maximum Gasteiger partial charge on any atom is 0.181 e. The van der Waals surface area contributed by atoms with Crippen molar-refractivity contribution in [1.82, 2.24) is 0 Å². The minimum Gasteiger partial charge on any atom is -0.478 e. The Kier molecular flexibility index (Phi) is 4.63. The molecule has 0 N–H and O–H groups in total. The summed E-state index contributed by atoms with van der Waals surface area (Å²) in [6.07, 6.45) is 1.47. The maximum absolute atomic E-state index is 11.8. The molecule has 0 aliphatic carbocycles. The van der Waals surface area contributed by atoms with E-state index < -0.39 is 6.10 Å². The van der Waals surface area contributed by atoms with Crippen molar-refractivity contribution >= 4 is 17.5 Å². The quantitative estimate of drug-likeness (QED) is 0.766. The molecular formula is C16H16O2S. The molecule has 0 fully saturated rings. The highest BCUT2D eigenvalue weighted by atomic mass is 32.2. The van der Waals surface area contributed by atoms with Gasteiger partial charge in [-0.3, -0.25) is 4.79 Å². The van der Waals surface area contributed by atoms with Gasteiger partial charge in [-0.25, -0.2) is 0 Å². The van der Waals surface area contributed by atoms with E-state index in [1.54, 1.807) is 18.7 Å². The number of rotatable bonds is 5. The van der Waals surface area contributed by atoms with Gasteiger partial charge in [0.05, 0.1) is 0 Å². The molecule has 1 unspecified atom stereocenters. The third-order valence-electron chi connectivity index (χ3n) is 2.77. The second kappa shape index (κ2) is 6.43. The van der Waals surface area contributed by atoms with E-state index in [0.29, 0.717) is 0 Å². The molecule has 3 heteroatoms. The fourth-order valence-corrected chi connectivity index (χ4v) is 2.27.